The molecule has 0 aliphatic rings. The van der Waals surface area contributed by atoms with Gasteiger partial charge in [0, 0.05) is 27.7 Å². The van der Waals surface area contributed by atoms with Gasteiger partial charge in [0.05, 0.1) is 5.69 Å². The Labute approximate surface area is 209 Å². The van der Waals surface area contributed by atoms with Crippen molar-refractivity contribution in [2.45, 2.75) is 0 Å². The number of benzene rings is 6. The fraction of sp³-hybridized carbons (Fsp3) is 0. The maximum absolute atomic E-state index is 6.74. The van der Waals surface area contributed by atoms with Crippen molar-refractivity contribution in [1.82, 2.24) is 0 Å². The van der Waals surface area contributed by atoms with Gasteiger partial charge in [-0.3, -0.25) is 0 Å². The van der Waals surface area contributed by atoms with Gasteiger partial charge in [0.1, 0.15) is 5.58 Å². The van der Waals surface area contributed by atoms with Crippen LogP contribution in [0.5, 0.6) is 0 Å². The van der Waals surface area contributed by atoms with Crippen LogP contribution in [0.1, 0.15) is 0 Å². The van der Waals surface area contributed by atoms with E-state index in [-0.39, 0.29) is 0 Å². The molecule has 0 N–H and O–H groups in total. The van der Waals surface area contributed by atoms with E-state index in [1.54, 1.807) is 0 Å². The van der Waals surface area contributed by atoms with Crippen LogP contribution in [0.2, 0.25) is 0 Å². The summed E-state index contributed by atoms with van der Waals surface area (Å²) in [5, 5.41) is 4.67. The van der Waals surface area contributed by atoms with Crippen LogP contribution in [0.3, 0.4) is 0 Å². The molecule has 0 bridgehead atoms. The molecule has 2 heteroatoms. The minimum atomic E-state index is 0.882. The number of hydrogen-bond donors (Lipinski definition) is 0. The van der Waals surface area contributed by atoms with E-state index in [0.717, 1.165) is 50.1 Å². The third kappa shape index (κ3) is 3.35. The van der Waals surface area contributed by atoms with E-state index in [0.29, 0.717) is 0 Å². The van der Waals surface area contributed by atoms with Crippen molar-refractivity contribution >= 4 is 49.8 Å². The molecular weight excluding hydrogens is 438 g/mol. The molecule has 7 aromatic rings. The third-order valence-corrected chi connectivity index (χ3v) is 6.83. The van der Waals surface area contributed by atoms with Gasteiger partial charge in [0.2, 0.25) is 0 Å². The summed E-state index contributed by atoms with van der Waals surface area (Å²) in [5.41, 5.74) is 7.25. The molecule has 6 aromatic carbocycles. The summed E-state index contributed by atoms with van der Waals surface area (Å²) in [5.74, 6) is 0. The first kappa shape index (κ1) is 20.5. The van der Waals surface area contributed by atoms with Crippen LogP contribution in [-0.4, -0.2) is 0 Å². The van der Waals surface area contributed by atoms with Gasteiger partial charge >= 0.3 is 0 Å². The maximum Gasteiger partial charge on any atom is 0.159 e. The fourth-order valence-corrected chi connectivity index (χ4v) is 5.15. The van der Waals surface area contributed by atoms with E-state index in [1.807, 2.05) is 6.07 Å². The second-order valence-corrected chi connectivity index (χ2v) is 9.01. The Morgan fingerprint density at radius 2 is 1.11 bits per heavy atom. The Kier molecular flexibility index (Phi) is 4.82. The lowest BCUT2D eigenvalue weighted by Crippen LogP contribution is -2.10. The normalized spacial score (nSPS) is 11.3. The molecule has 0 aliphatic heterocycles. The van der Waals surface area contributed by atoms with Gasteiger partial charge in [-0.2, -0.15) is 0 Å². The van der Waals surface area contributed by atoms with E-state index in [9.17, 15) is 0 Å². The molecule has 0 aliphatic carbocycles. The van der Waals surface area contributed by atoms with E-state index in [4.69, 9.17) is 4.42 Å². The first-order valence-corrected chi connectivity index (χ1v) is 12.2. The van der Waals surface area contributed by atoms with Gasteiger partial charge in [-0.15, -0.1) is 0 Å². The monoisotopic (exact) mass is 461 g/mol. The summed E-state index contributed by atoms with van der Waals surface area (Å²) in [6.07, 6.45) is 0. The van der Waals surface area contributed by atoms with Gasteiger partial charge in [0.15, 0.2) is 5.58 Å². The zero-order chi connectivity index (χ0) is 23.9. The molecule has 0 atom stereocenters. The van der Waals surface area contributed by atoms with Crippen LogP contribution >= 0.6 is 0 Å². The molecule has 0 unspecified atom stereocenters. The first-order valence-electron chi connectivity index (χ1n) is 12.2. The standard InChI is InChI=1S/C34H23NO/c1-3-12-25(13-4-1)29-17-9-18-30-31-19-10-20-32(34(31)36-33(29)30)35(27-15-5-2-6-16-27)28-22-21-24-11-7-8-14-26(24)23-28/h1-23H. The summed E-state index contributed by atoms with van der Waals surface area (Å²) < 4.78 is 6.74. The average Bonchev–Trinajstić information content (AvgIpc) is 3.34. The van der Waals surface area contributed by atoms with Crippen molar-refractivity contribution in [3.8, 4) is 11.1 Å². The zero-order valence-corrected chi connectivity index (χ0v) is 19.6. The molecule has 0 amide bonds. The quantitative estimate of drug-likeness (QED) is 0.259. The van der Waals surface area contributed by atoms with Gasteiger partial charge in [-0.05, 0) is 46.7 Å². The van der Waals surface area contributed by atoms with E-state index in [1.165, 1.54) is 10.8 Å². The Bertz CT molecular complexity index is 1830. The number of anilines is 3. The molecule has 1 aromatic heterocycles. The molecule has 7 rings (SSSR count). The predicted octanol–water partition coefficient (Wildman–Crippen LogP) is 9.88. The van der Waals surface area contributed by atoms with Gasteiger partial charge in [-0.1, -0.05) is 109 Å². The van der Waals surface area contributed by atoms with Crippen molar-refractivity contribution < 1.29 is 4.42 Å². The van der Waals surface area contributed by atoms with Crippen LogP contribution < -0.4 is 4.90 Å². The van der Waals surface area contributed by atoms with Crippen molar-refractivity contribution in [2.24, 2.45) is 0 Å². The summed E-state index contributed by atoms with van der Waals surface area (Å²) in [6.45, 7) is 0. The lowest BCUT2D eigenvalue weighted by Gasteiger charge is -2.25. The highest BCUT2D eigenvalue weighted by atomic mass is 16.3. The third-order valence-electron chi connectivity index (χ3n) is 6.83. The molecule has 0 fully saturated rings. The van der Waals surface area contributed by atoms with Crippen LogP contribution in [0.4, 0.5) is 17.1 Å². The van der Waals surface area contributed by atoms with Crippen molar-refractivity contribution in [1.29, 1.82) is 0 Å². The minimum absolute atomic E-state index is 0.882. The number of para-hydroxylation sites is 3. The molecule has 1 heterocycles. The lowest BCUT2D eigenvalue weighted by atomic mass is 10.0. The number of fused-ring (bicyclic) bond motifs is 4. The SMILES string of the molecule is c1ccc(-c2cccc3c2oc2c(N(c4ccccc4)c4ccc5ccccc5c4)cccc23)cc1. The molecule has 0 radical (unpaired) electrons. The van der Waals surface area contributed by atoms with E-state index in [2.05, 4.69) is 138 Å². The van der Waals surface area contributed by atoms with Gasteiger partial charge < -0.3 is 9.32 Å². The smallest absolute Gasteiger partial charge is 0.159 e. The van der Waals surface area contributed by atoms with E-state index < -0.39 is 0 Å². The van der Waals surface area contributed by atoms with E-state index >= 15 is 0 Å². The second-order valence-electron chi connectivity index (χ2n) is 9.01. The van der Waals surface area contributed by atoms with Crippen LogP contribution in [0.25, 0.3) is 43.8 Å². The predicted molar refractivity (Wildman–Crippen MR) is 151 cm³/mol. The molecule has 36 heavy (non-hydrogen) atoms. The average molecular weight is 462 g/mol. The lowest BCUT2D eigenvalue weighted by molar-refractivity contribution is 0.670. The Balaban J connectivity index is 1.50. The summed E-state index contributed by atoms with van der Waals surface area (Å²) in [4.78, 5) is 2.29. The largest absolute Gasteiger partial charge is 0.453 e. The molecular formula is C34H23NO. The van der Waals surface area contributed by atoms with Crippen LogP contribution in [0, 0.1) is 0 Å². The molecule has 0 saturated heterocycles. The van der Waals surface area contributed by atoms with Crippen molar-refractivity contribution in [3.05, 3.63) is 140 Å². The Morgan fingerprint density at radius 3 is 1.92 bits per heavy atom. The Hall–Kier alpha value is -4.82. The maximum atomic E-state index is 6.74. The molecule has 0 saturated carbocycles. The highest BCUT2D eigenvalue weighted by molar-refractivity contribution is 6.13. The minimum Gasteiger partial charge on any atom is -0.453 e. The molecule has 2 nitrogen and oxygen atoms in total. The second kappa shape index (κ2) is 8.44. The van der Waals surface area contributed by atoms with Crippen molar-refractivity contribution in [2.75, 3.05) is 4.90 Å². The van der Waals surface area contributed by atoms with Gasteiger partial charge in [-0.25, -0.2) is 0 Å². The molecule has 170 valence electrons. The molecule has 0 spiro atoms. The highest BCUT2D eigenvalue weighted by Gasteiger charge is 2.20. The summed E-state index contributed by atoms with van der Waals surface area (Å²) >= 11 is 0. The Morgan fingerprint density at radius 1 is 0.444 bits per heavy atom. The number of furan rings is 1. The van der Waals surface area contributed by atoms with Crippen molar-refractivity contribution in [3.63, 3.8) is 0 Å². The van der Waals surface area contributed by atoms with Gasteiger partial charge in [0.25, 0.3) is 0 Å². The topological polar surface area (TPSA) is 16.4 Å². The zero-order valence-electron chi connectivity index (χ0n) is 19.6. The fourth-order valence-electron chi connectivity index (χ4n) is 5.15. The van der Waals surface area contributed by atoms with Crippen LogP contribution in [-0.2, 0) is 0 Å². The first-order chi connectivity index (χ1) is 17.9. The summed E-state index contributed by atoms with van der Waals surface area (Å²) in [7, 11) is 0. The summed E-state index contributed by atoms with van der Waals surface area (Å²) in [6, 6.07) is 48.9. The number of nitrogens with zero attached hydrogens (tertiary/aromatic N) is 1. The number of hydrogen-bond acceptors (Lipinski definition) is 2. The highest BCUT2D eigenvalue weighted by Crippen LogP contribution is 2.44. The number of rotatable bonds is 4. The van der Waals surface area contributed by atoms with Crippen LogP contribution in [0.15, 0.2) is 144 Å².